The van der Waals surface area contributed by atoms with Crippen LogP contribution in [-0.4, -0.2) is 69.5 Å². The van der Waals surface area contributed by atoms with Crippen molar-refractivity contribution >= 4 is 29.9 Å². The Morgan fingerprint density at radius 2 is 2.00 bits per heavy atom. The minimum atomic E-state index is 0. The Balaban J connectivity index is 0.00000264. The van der Waals surface area contributed by atoms with Crippen LogP contribution in [0.2, 0.25) is 0 Å². The second kappa shape index (κ2) is 13.2. The molecular formula is C16H33IN4O2. The minimum absolute atomic E-state index is 0. The highest BCUT2D eigenvalue weighted by Crippen LogP contribution is 2.16. The number of aliphatic imine (C=N–C) groups is 1. The maximum Gasteiger partial charge on any atom is 0.188 e. The van der Waals surface area contributed by atoms with E-state index in [0.717, 1.165) is 71.8 Å². The van der Waals surface area contributed by atoms with Gasteiger partial charge in [0.15, 0.2) is 5.96 Å². The Hall–Kier alpha value is -0.120. The average Bonchev–Trinajstić information content (AvgIpc) is 2.57. The second-order valence-corrected chi connectivity index (χ2v) is 6.13. The fourth-order valence-corrected chi connectivity index (χ4v) is 2.96. The van der Waals surface area contributed by atoms with Crippen molar-refractivity contribution in [3.63, 3.8) is 0 Å². The smallest absolute Gasteiger partial charge is 0.188 e. The van der Waals surface area contributed by atoms with Crippen molar-refractivity contribution in [1.82, 2.24) is 10.2 Å². The van der Waals surface area contributed by atoms with Gasteiger partial charge in [-0.15, -0.1) is 24.0 Å². The number of halogens is 1. The molecule has 0 aromatic rings. The molecule has 2 heterocycles. The lowest BCUT2D eigenvalue weighted by atomic mass is 10.0. The standard InChI is InChI=1S/C16H32N4O2.HI/c17-16(18-7-3-6-15-5-1-2-12-22-15)19-8-4-9-20-10-13-21-14-11-20;/h15H,1-14H2,(H3,17,18,19);1H. The zero-order valence-corrected chi connectivity index (χ0v) is 16.5. The number of nitrogens with one attached hydrogen (secondary N) is 1. The predicted molar refractivity (Wildman–Crippen MR) is 105 cm³/mol. The molecule has 3 N–H and O–H groups in total. The molecule has 1 unspecified atom stereocenters. The number of guanidine groups is 1. The number of hydrogen-bond acceptors (Lipinski definition) is 4. The van der Waals surface area contributed by atoms with Crippen LogP contribution in [0.15, 0.2) is 4.99 Å². The van der Waals surface area contributed by atoms with Crippen molar-refractivity contribution in [2.24, 2.45) is 10.7 Å². The lowest BCUT2D eigenvalue weighted by Gasteiger charge is -2.26. The molecule has 0 aromatic carbocycles. The van der Waals surface area contributed by atoms with Crippen LogP contribution in [0.4, 0.5) is 0 Å². The third-order valence-corrected chi connectivity index (χ3v) is 4.30. The summed E-state index contributed by atoms with van der Waals surface area (Å²) in [7, 11) is 0. The maximum atomic E-state index is 5.89. The van der Waals surface area contributed by atoms with E-state index in [1.807, 2.05) is 0 Å². The summed E-state index contributed by atoms with van der Waals surface area (Å²) in [6, 6.07) is 0. The molecule has 2 aliphatic rings. The van der Waals surface area contributed by atoms with Gasteiger partial charge in [-0.3, -0.25) is 9.89 Å². The quantitative estimate of drug-likeness (QED) is 0.260. The van der Waals surface area contributed by atoms with Gasteiger partial charge in [0, 0.05) is 39.3 Å². The van der Waals surface area contributed by atoms with E-state index in [1.54, 1.807) is 0 Å². The van der Waals surface area contributed by atoms with E-state index < -0.39 is 0 Å². The molecule has 0 aliphatic carbocycles. The third kappa shape index (κ3) is 9.69. The van der Waals surface area contributed by atoms with Crippen molar-refractivity contribution in [3.8, 4) is 0 Å². The van der Waals surface area contributed by atoms with E-state index in [2.05, 4.69) is 15.2 Å². The van der Waals surface area contributed by atoms with Gasteiger partial charge in [0.2, 0.25) is 0 Å². The zero-order valence-electron chi connectivity index (χ0n) is 14.2. The monoisotopic (exact) mass is 440 g/mol. The van der Waals surface area contributed by atoms with E-state index in [4.69, 9.17) is 15.2 Å². The Labute approximate surface area is 157 Å². The summed E-state index contributed by atoms with van der Waals surface area (Å²) in [6.45, 7) is 7.50. The highest BCUT2D eigenvalue weighted by atomic mass is 127. The summed E-state index contributed by atoms with van der Waals surface area (Å²) < 4.78 is 11.1. The Morgan fingerprint density at radius 3 is 2.74 bits per heavy atom. The highest BCUT2D eigenvalue weighted by Gasteiger charge is 2.12. The molecule has 1 atom stereocenters. The molecule has 2 fully saturated rings. The molecule has 2 saturated heterocycles. The predicted octanol–water partition coefficient (Wildman–Crippen LogP) is 1.58. The first-order valence-electron chi connectivity index (χ1n) is 8.80. The van der Waals surface area contributed by atoms with Gasteiger partial charge in [0.25, 0.3) is 0 Å². The maximum absolute atomic E-state index is 5.89. The summed E-state index contributed by atoms with van der Waals surface area (Å²) in [5, 5.41) is 3.20. The summed E-state index contributed by atoms with van der Waals surface area (Å²) in [6.07, 6.45) is 7.47. The SMILES string of the molecule is I.NC(=NCCCN1CCOCC1)NCCCC1CCCCO1. The Kier molecular flexibility index (Phi) is 12.0. The van der Waals surface area contributed by atoms with E-state index in [1.165, 1.54) is 19.3 Å². The van der Waals surface area contributed by atoms with Crippen LogP contribution in [0.1, 0.15) is 38.5 Å². The fourth-order valence-electron chi connectivity index (χ4n) is 2.96. The van der Waals surface area contributed by atoms with Gasteiger partial charge in [-0.1, -0.05) is 0 Å². The van der Waals surface area contributed by atoms with Gasteiger partial charge in [0.05, 0.1) is 19.3 Å². The largest absolute Gasteiger partial charge is 0.379 e. The van der Waals surface area contributed by atoms with Crippen LogP contribution in [0.25, 0.3) is 0 Å². The Bertz CT molecular complexity index is 319. The highest BCUT2D eigenvalue weighted by molar-refractivity contribution is 14.0. The van der Waals surface area contributed by atoms with Crippen molar-refractivity contribution in [2.45, 2.75) is 44.6 Å². The first kappa shape index (κ1) is 20.9. The first-order valence-corrected chi connectivity index (χ1v) is 8.80. The summed E-state index contributed by atoms with van der Waals surface area (Å²) in [5.41, 5.74) is 5.89. The summed E-state index contributed by atoms with van der Waals surface area (Å²) in [5.74, 6) is 0.576. The van der Waals surface area contributed by atoms with E-state index in [-0.39, 0.29) is 24.0 Å². The number of morpholine rings is 1. The molecule has 0 spiro atoms. The first-order chi connectivity index (χ1) is 10.8. The summed E-state index contributed by atoms with van der Waals surface area (Å²) in [4.78, 5) is 6.81. The van der Waals surface area contributed by atoms with E-state index in [0.29, 0.717) is 12.1 Å². The third-order valence-electron chi connectivity index (χ3n) is 4.30. The van der Waals surface area contributed by atoms with Gasteiger partial charge >= 0.3 is 0 Å². The molecular weight excluding hydrogens is 407 g/mol. The van der Waals surface area contributed by atoms with Crippen molar-refractivity contribution in [2.75, 3.05) is 52.5 Å². The van der Waals surface area contributed by atoms with Gasteiger partial charge in [-0.05, 0) is 38.5 Å². The van der Waals surface area contributed by atoms with Crippen LogP contribution < -0.4 is 11.1 Å². The minimum Gasteiger partial charge on any atom is -0.379 e. The van der Waals surface area contributed by atoms with Crippen molar-refractivity contribution in [3.05, 3.63) is 0 Å². The van der Waals surface area contributed by atoms with Gasteiger partial charge in [0.1, 0.15) is 0 Å². The van der Waals surface area contributed by atoms with Crippen molar-refractivity contribution in [1.29, 1.82) is 0 Å². The summed E-state index contributed by atoms with van der Waals surface area (Å²) >= 11 is 0. The van der Waals surface area contributed by atoms with Gasteiger partial charge < -0.3 is 20.5 Å². The van der Waals surface area contributed by atoms with Gasteiger partial charge in [-0.2, -0.15) is 0 Å². The second-order valence-electron chi connectivity index (χ2n) is 6.13. The molecule has 0 saturated carbocycles. The van der Waals surface area contributed by atoms with Crippen molar-refractivity contribution < 1.29 is 9.47 Å². The number of ether oxygens (including phenoxy) is 2. The molecule has 0 aromatic heterocycles. The lowest BCUT2D eigenvalue weighted by Crippen LogP contribution is -2.37. The van der Waals surface area contributed by atoms with Crippen LogP contribution >= 0.6 is 24.0 Å². The molecule has 2 aliphatic heterocycles. The number of rotatable bonds is 8. The molecule has 2 rings (SSSR count). The Morgan fingerprint density at radius 1 is 1.17 bits per heavy atom. The topological polar surface area (TPSA) is 72.1 Å². The van der Waals surface area contributed by atoms with Crippen LogP contribution in [0, 0.1) is 0 Å². The van der Waals surface area contributed by atoms with E-state index >= 15 is 0 Å². The number of nitrogens with two attached hydrogens (primary N) is 1. The van der Waals surface area contributed by atoms with Crippen LogP contribution in [0.5, 0.6) is 0 Å². The normalized spacial score (nSPS) is 23.3. The molecule has 6 nitrogen and oxygen atoms in total. The number of hydrogen-bond donors (Lipinski definition) is 2. The average molecular weight is 440 g/mol. The lowest BCUT2D eigenvalue weighted by molar-refractivity contribution is 0.0104. The molecule has 23 heavy (non-hydrogen) atoms. The molecule has 0 radical (unpaired) electrons. The van der Waals surface area contributed by atoms with Crippen LogP contribution in [0.3, 0.4) is 0 Å². The molecule has 0 bridgehead atoms. The molecule has 136 valence electrons. The molecule has 0 amide bonds. The number of nitrogens with zero attached hydrogens (tertiary/aromatic N) is 2. The van der Waals surface area contributed by atoms with Crippen LogP contribution in [-0.2, 0) is 9.47 Å². The van der Waals surface area contributed by atoms with Gasteiger partial charge in [-0.25, -0.2) is 0 Å². The van der Waals surface area contributed by atoms with E-state index in [9.17, 15) is 0 Å². The molecule has 7 heteroatoms. The zero-order chi connectivity index (χ0) is 15.5. The fraction of sp³-hybridized carbons (Fsp3) is 0.938.